The molecule has 0 unspecified atom stereocenters. The second kappa shape index (κ2) is 17.3. The minimum absolute atomic E-state index is 0.0106. The molecule has 14 nitrogen and oxygen atoms in total. The number of amides is 4. The number of hydrogen-bond acceptors (Lipinski definition) is 9. The van der Waals surface area contributed by atoms with E-state index < -0.39 is 59.9 Å². The molecule has 4 amide bonds. The Balaban J connectivity index is 1.55. The third kappa shape index (κ3) is 11.2. The van der Waals surface area contributed by atoms with Gasteiger partial charge in [-0.05, 0) is 45.6 Å². The van der Waals surface area contributed by atoms with Crippen molar-refractivity contribution in [3.05, 3.63) is 54.1 Å². The number of hydroxylamine groups is 2. The Morgan fingerprint density at radius 2 is 1.73 bits per heavy atom. The van der Waals surface area contributed by atoms with Gasteiger partial charge in [0.15, 0.2) is 6.10 Å². The predicted molar refractivity (Wildman–Crippen MR) is 175 cm³/mol. The number of imidazole rings is 1. The molecular formula is C34H50N6O8. The molecule has 1 saturated heterocycles. The van der Waals surface area contributed by atoms with Crippen LogP contribution in [0.25, 0.3) is 0 Å². The van der Waals surface area contributed by atoms with E-state index in [0.29, 0.717) is 12.1 Å². The lowest BCUT2D eigenvalue weighted by Crippen LogP contribution is -2.58. The van der Waals surface area contributed by atoms with Crippen molar-refractivity contribution in [3.63, 3.8) is 0 Å². The van der Waals surface area contributed by atoms with Crippen LogP contribution in [0.2, 0.25) is 0 Å². The van der Waals surface area contributed by atoms with E-state index in [1.807, 2.05) is 30.3 Å². The fourth-order valence-electron chi connectivity index (χ4n) is 6.12. The number of aromatic amines is 1. The standard InChI is InChI=1S/C34H50N6O8/c1-5-46-40-20-28(47-33(40)45)29(41)25(16-22-12-8-6-9-13-22)37-31(43)27(18-24-19-35-21-36-24)38-30(42)26(17-23-14-10-7-11-15-23)39-32(44)48-34(2,3)4/h7,10-11,14-15,19,21-22,25-29,41H,5-6,8-9,12-13,16-18,20H2,1-4H3,(H,35,36)(H,37,43)(H,38,42)(H,39,44)/t25-,26-,27-,28-,29+/m0/s1. The van der Waals surface area contributed by atoms with Crippen LogP contribution in [0.5, 0.6) is 0 Å². The predicted octanol–water partition coefficient (Wildman–Crippen LogP) is 3.16. The summed E-state index contributed by atoms with van der Waals surface area (Å²) in [6.07, 6.45) is 5.27. The summed E-state index contributed by atoms with van der Waals surface area (Å²) in [5.74, 6) is -0.877. The lowest BCUT2D eigenvalue weighted by molar-refractivity contribution is -0.131. The van der Waals surface area contributed by atoms with Crippen LogP contribution in [-0.2, 0) is 36.7 Å². The van der Waals surface area contributed by atoms with Crippen molar-refractivity contribution >= 4 is 24.0 Å². The summed E-state index contributed by atoms with van der Waals surface area (Å²) in [6.45, 7) is 7.18. The maximum absolute atomic E-state index is 14.1. The Morgan fingerprint density at radius 1 is 1.04 bits per heavy atom. The Labute approximate surface area is 281 Å². The van der Waals surface area contributed by atoms with Crippen molar-refractivity contribution in [2.45, 2.75) is 115 Å². The topological polar surface area (TPSA) is 184 Å². The fraction of sp³-hybridized carbons (Fsp3) is 0.618. The molecule has 1 aromatic carbocycles. The van der Waals surface area contributed by atoms with Gasteiger partial charge in [0.1, 0.15) is 23.8 Å². The minimum Gasteiger partial charge on any atom is -0.444 e. The number of cyclic esters (lactones) is 1. The second-order valence-electron chi connectivity index (χ2n) is 13.5. The van der Waals surface area contributed by atoms with Gasteiger partial charge in [0, 0.05) is 24.7 Å². The molecule has 14 heteroatoms. The van der Waals surface area contributed by atoms with Gasteiger partial charge in [-0.2, -0.15) is 5.06 Å². The summed E-state index contributed by atoms with van der Waals surface area (Å²) in [4.78, 5) is 65.4. The number of nitrogens with zero attached hydrogens (tertiary/aromatic N) is 2. The summed E-state index contributed by atoms with van der Waals surface area (Å²) < 4.78 is 10.9. The first-order valence-corrected chi connectivity index (χ1v) is 16.8. The quantitative estimate of drug-likeness (QED) is 0.190. The van der Waals surface area contributed by atoms with Crippen LogP contribution in [0.4, 0.5) is 9.59 Å². The van der Waals surface area contributed by atoms with Gasteiger partial charge in [-0.1, -0.05) is 62.4 Å². The highest BCUT2D eigenvalue weighted by Crippen LogP contribution is 2.29. The van der Waals surface area contributed by atoms with E-state index in [1.165, 1.54) is 6.33 Å². The van der Waals surface area contributed by atoms with Crippen LogP contribution in [0, 0.1) is 5.92 Å². The smallest absolute Gasteiger partial charge is 0.434 e. The molecule has 1 aliphatic heterocycles. The first-order chi connectivity index (χ1) is 22.9. The van der Waals surface area contributed by atoms with Crippen molar-refractivity contribution in [2.24, 2.45) is 5.92 Å². The Hall–Kier alpha value is -4.17. The number of benzene rings is 1. The van der Waals surface area contributed by atoms with Gasteiger partial charge in [0.25, 0.3) is 0 Å². The molecule has 264 valence electrons. The molecule has 5 N–H and O–H groups in total. The molecule has 0 spiro atoms. The summed E-state index contributed by atoms with van der Waals surface area (Å²) in [5, 5.41) is 21.1. The van der Waals surface area contributed by atoms with Gasteiger partial charge in [-0.25, -0.2) is 14.6 Å². The van der Waals surface area contributed by atoms with Crippen LogP contribution < -0.4 is 16.0 Å². The SMILES string of the molecule is CCON1C[C@@H]([C@H](O)[C@H](CC2CCCCC2)NC(=O)[C@H](Cc2cnc[nH]2)NC(=O)[C@H](Cc2ccccc2)NC(=O)OC(C)(C)C)OC1=O. The number of ether oxygens (including phenoxy) is 2. The van der Waals surface area contributed by atoms with E-state index in [9.17, 15) is 24.3 Å². The lowest BCUT2D eigenvalue weighted by atomic mass is 9.83. The molecule has 0 bridgehead atoms. The zero-order chi connectivity index (χ0) is 34.7. The molecule has 2 fully saturated rings. The van der Waals surface area contributed by atoms with Crippen LogP contribution in [0.3, 0.4) is 0 Å². The first-order valence-electron chi connectivity index (χ1n) is 16.8. The maximum atomic E-state index is 14.1. The summed E-state index contributed by atoms with van der Waals surface area (Å²) in [5.41, 5.74) is 0.602. The van der Waals surface area contributed by atoms with Crippen molar-refractivity contribution < 1.29 is 38.6 Å². The van der Waals surface area contributed by atoms with Gasteiger partial charge in [-0.15, -0.1) is 0 Å². The Kier molecular flexibility index (Phi) is 13.2. The number of aliphatic hydroxyl groups is 1. The van der Waals surface area contributed by atoms with E-state index in [0.717, 1.165) is 42.7 Å². The minimum atomic E-state index is -1.23. The highest BCUT2D eigenvalue weighted by atomic mass is 16.7. The molecule has 5 atom stereocenters. The molecule has 48 heavy (non-hydrogen) atoms. The van der Waals surface area contributed by atoms with Crippen molar-refractivity contribution in [1.29, 1.82) is 0 Å². The Morgan fingerprint density at radius 3 is 2.38 bits per heavy atom. The highest BCUT2D eigenvalue weighted by Gasteiger charge is 2.42. The number of H-pyrrole nitrogens is 1. The number of rotatable bonds is 15. The Bertz CT molecular complexity index is 1330. The highest BCUT2D eigenvalue weighted by molar-refractivity contribution is 5.91. The van der Waals surface area contributed by atoms with E-state index >= 15 is 0 Å². The third-order valence-electron chi connectivity index (χ3n) is 8.42. The maximum Gasteiger partial charge on any atom is 0.434 e. The average Bonchev–Trinajstić information content (AvgIpc) is 3.69. The zero-order valence-electron chi connectivity index (χ0n) is 28.3. The molecule has 2 heterocycles. The summed E-state index contributed by atoms with van der Waals surface area (Å²) in [7, 11) is 0. The van der Waals surface area contributed by atoms with E-state index in [-0.39, 0.29) is 31.9 Å². The summed E-state index contributed by atoms with van der Waals surface area (Å²) in [6, 6.07) is 6.25. The molecule has 0 radical (unpaired) electrons. The van der Waals surface area contributed by atoms with E-state index in [4.69, 9.17) is 14.3 Å². The number of carbonyl (C=O) groups excluding carboxylic acids is 4. The van der Waals surface area contributed by atoms with Crippen molar-refractivity contribution in [2.75, 3.05) is 13.2 Å². The van der Waals surface area contributed by atoms with Crippen LogP contribution in [0.1, 0.15) is 77.5 Å². The van der Waals surface area contributed by atoms with Crippen LogP contribution >= 0.6 is 0 Å². The average molecular weight is 671 g/mol. The monoisotopic (exact) mass is 670 g/mol. The van der Waals surface area contributed by atoms with Crippen LogP contribution in [0.15, 0.2) is 42.9 Å². The number of alkyl carbamates (subject to hydrolysis) is 1. The number of aromatic nitrogens is 2. The van der Waals surface area contributed by atoms with E-state index in [2.05, 4.69) is 25.9 Å². The molecule has 1 aromatic heterocycles. The molecule has 2 aliphatic rings. The molecule has 1 aliphatic carbocycles. The normalized spacial score (nSPS) is 19.5. The fourth-order valence-corrected chi connectivity index (χ4v) is 6.12. The first kappa shape index (κ1) is 36.7. The van der Waals surface area contributed by atoms with Gasteiger partial charge in [-0.3, -0.25) is 14.4 Å². The molecule has 2 aromatic rings. The van der Waals surface area contributed by atoms with Gasteiger partial charge < -0.3 is 35.5 Å². The number of aliphatic hydroxyl groups excluding tert-OH is 1. The van der Waals surface area contributed by atoms with Gasteiger partial charge in [0.05, 0.1) is 25.5 Å². The largest absolute Gasteiger partial charge is 0.444 e. The van der Waals surface area contributed by atoms with Gasteiger partial charge >= 0.3 is 12.2 Å². The van der Waals surface area contributed by atoms with Crippen molar-refractivity contribution in [1.82, 2.24) is 31.0 Å². The number of hydrogen-bond donors (Lipinski definition) is 5. The van der Waals surface area contributed by atoms with Gasteiger partial charge in [0.2, 0.25) is 11.8 Å². The van der Waals surface area contributed by atoms with E-state index in [1.54, 1.807) is 33.9 Å². The molecule has 1 saturated carbocycles. The molecular weight excluding hydrogens is 620 g/mol. The zero-order valence-corrected chi connectivity index (χ0v) is 28.3. The number of nitrogens with one attached hydrogen (secondary N) is 4. The molecule has 4 rings (SSSR count). The second-order valence-corrected chi connectivity index (χ2v) is 13.5. The van der Waals surface area contributed by atoms with Crippen LogP contribution in [-0.4, -0.2) is 93.2 Å². The number of carbonyl (C=O) groups is 4. The summed E-state index contributed by atoms with van der Waals surface area (Å²) >= 11 is 0. The van der Waals surface area contributed by atoms with Crippen molar-refractivity contribution in [3.8, 4) is 0 Å². The third-order valence-corrected chi connectivity index (χ3v) is 8.42. The lowest BCUT2D eigenvalue weighted by Gasteiger charge is -2.33.